The molecule has 108 valence electrons. The highest BCUT2D eigenvalue weighted by molar-refractivity contribution is 7.98. The van der Waals surface area contributed by atoms with E-state index in [0.29, 0.717) is 0 Å². The van der Waals surface area contributed by atoms with Crippen LogP contribution in [0.25, 0.3) is 0 Å². The SMILES string of the molecule is CCNC(CCN(C)CCSC)c1cccc(F)c1. The van der Waals surface area contributed by atoms with Gasteiger partial charge in [0.05, 0.1) is 0 Å². The average molecular weight is 284 g/mol. The third kappa shape index (κ3) is 6.41. The molecule has 0 aliphatic rings. The van der Waals surface area contributed by atoms with E-state index < -0.39 is 0 Å². The summed E-state index contributed by atoms with van der Waals surface area (Å²) in [6.07, 6.45) is 3.13. The Balaban J connectivity index is 2.53. The zero-order valence-corrected chi connectivity index (χ0v) is 13.0. The van der Waals surface area contributed by atoms with E-state index in [1.165, 1.54) is 6.07 Å². The molecule has 0 saturated carbocycles. The van der Waals surface area contributed by atoms with Gasteiger partial charge in [-0.25, -0.2) is 4.39 Å². The largest absolute Gasteiger partial charge is 0.310 e. The van der Waals surface area contributed by atoms with Crippen LogP contribution in [0.1, 0.15) is 24.9 Å². The van der Waals surface area contributed by atoms with Gasteiger partial charge in [-0.05, 0) is 50.5 Å². The van der Waals surface area contributed by atoms with Crippen molar-refractivity contribution in [2.24, 2.45) is 0 Å². The Morgan fingerprint density at radius 2 is 2.16 bits per heavy atom. The van der Waals surface area contributed by atoms with Gasteiger partial charge in [0.25, 0.3) is 0 Å². The molecule has 0 bridgehead atoms. The number of thioether (sulfide) groups is 1. The van der Waals surface area contributed by atoms with Crippen LogP contribution in [0.5, 0.6) is 0 Å². The monoisotopic (exact) mass is 284 g/mol. The van der Waals surface area contributed by atoms with E-state index in [9.17, 15) is 4.39 Å². The number of hydrogen-bond donors (Lipinski definition) is 1. The van der Waals surface area contributed by atoms with E-state index in [0.717, 1.165) is 37.4 Å². The van der Waals surface area contributed by atoms with Gasteiger partial charge in [-0.2, -0.15) is 11.8 Å². The second-order valence-corrected chi connectivity index (χ2v) is 5.74. The van der Waals surface area contributed by atoms with E-state index in [1.54, 1.807) is 12.1 Å². The number of benzene rings is 1. The van der Waals surface area contributed by atoms with Crippen molar-refractivity contribution in [2.45, 2.75) is 19.4 Å². The maximum atomic E-state index is 13.3. The average Bonchev–Trinajstić information content (AvgIpc) is 2.41. The molecule has 0 heterocycles. The number of halogens is 1. The summed E-state index contributed by atoms with van der Waals surface area (Å²) in [6.45, 7) is 5.11. The highest BCUT2D eigenvalue weighted by Crippen LogP contribution is 2.18. The smallest absolute Gasteiger partial charge is 0.123 e. The van der Waals surface area contributed by atoms with Crippen molar-refractivity contribution in [2.75, 3.05) is 38.7 Å². The van der Waals surface area contributed by atoms with Crippen LogP contribution in [0.4, 0.5) is 4.39 Å². The van der Waals surface area contributed by atoms with E-state index >= 15 is 0 Å². The van der Waals surface area contributed by atoms with E-state index in [-0.39, 0.29) is 11.9 Å². The summed E-state index contributed by atoms with van der Waals surface area (Å²) in [4.78, 5) is 2.33. The molecule has 1 atom stereocenters. The molecular formula is C15H25FN2S. The van der Waals surface area contributed by atoms with Crippen molar-refractivity contribution in [1.29, 1.82) is 0 Å². The van der Waals surface area contributed by atoms with Crippen molar-refractivity contribution >= 4 is 11.8 Å². The Kier molecular flexibility index (Phi) is 8.10. The Hall–Kier alpha value is -0.580. The minimum atomic E-state index is -0.156. The van der Waals surface area contributed by atoms with Gasteiger partial charge in [-0.1, -0.05) is 19.1 Å². The summed E-state index contributed by atoms with van der Waals surface area (Å²) in [5.74, 6) is 0.999. The molecule has 1 rings (SSSR count). The van der Waals surface area contributed by atoms with Gasteiger partial charge in [0, 0.05) is 18.3 Å². The molecule has 1 aromatic rings. The standard InChI is InChI=1S/C15H25FN2S/c1-4-17-15(8-9-18(2)10-11-19-3)13-6-5-7-14(16)12-13/h5-7,12,15,17H,4,8-11H2,1-3H3. The molecule has 19 heavy (non-hydrogen) atoms. The normalized spacial score (nSPS) is 12.9. The Morgan fingerprint density at radius 1 is 1.37 bits per heavy atom. The summed E-state index contributed by atoms with van der Waals surface area (Å²) >= 11 is 1.87. The molecule has 0 aliphatic carbocycles. The zero-order valence-electron chi connectivity index (χ0n) is 12.2. The number of hydrogen-bond acceptors (Lipinski definition) is 3. The minimum Gasteiger partial charge on any atom is -0.310 e. The topological polar surface area (TPSA) is 15.3 Å². The molecule has 0 aromatic heterocycles. The molecule has 0 saturated heterocycles. The van der Waals surface area contributed by atoms with Crippen molar-refractivity contribution in [3.63, 3.8) is 0 Å². The van der Waals surface area contributed by atoms with Crippen molar-refractivity contribution in [3.05, 3.63) is 35.6 Å². The first-order chi connectivity index (χ1) is 9.17. The fourth-order valence-electron chi connectivity index (χ4n) is 2.06. The first-order valence-corrected chi connectivity index (χ1v) is 8.23. The predicted molar refractivity (Wildman–Crippen MR) is 83.3 cm³/mol. The Bertz CT molecular complexity index is 360. The van der Waals surface area contributed by atoms with Crippen molar-refractivity contribution < 1.29 is 4.39 Å². The van der Waals surface area contributed by atoms with Crippen molar-refractivity contribution in [3.8, 4) is 0 Å². The summed E-state index contributed by atoms with van der Waals surface area (Å²) in [5, 5.41) is 3.44. The minimum absolute atomic E-state index is 0.156. The first-order valence-electron chi connectivity index (χ1n) is 6.83. The molecule has 1 N–H and O–H groups in total. The number of nitrogens with zero attached hydrogens (tertiary/aromatic N) is 1. The van der Waals surface area contributed by atoms with E-state index in [1.807, 2.05) is 17.8 Å². The molecule has 0 amide bonds. The van der Waals surface area contributed by atoms with Crippen LogP contribution in [-0.2, 0) is 0 Å². The second kappa shape index (κ2) is 9.34. The van der Waals surface area contributed by atoms with E-state index in [4.69, 9.17) is 0 Å². The molecule has 2 nitrogen and oxygen atoms in total. The number of nitrogens with one attached hydrogen (secondary N) is 1. The fourth-order valence-corrected chi connectivity index (χ4v) is 2.56. The van der Waals surface area contributed by atoms with Crippen LogP contribution in [0.15, 0.2) is 24.3 Å². The highest BCUT2D eigenvalue weighted by atomic mass is 32.2. The van der Waals surface area contributed by atoms with Gasteiger partial charge in [0.15, 0.2) is 0 Å². The van der Waals surface area contributed by atoms with Crippen LogP contribution in [0, 0.1) is 5.82 Å². The van der Waals surface area contributed by atoms with E-state index in [2.05, 4.69) is 30.4 Å². The summed E-state index contributed by atoms with van der Waals surface area (Å²) < 4.78 is 13.3. The third-order valence-corrected chi connectivity index (χ3v) is 3.77. The van der Waals surface area contributed by atoms with Crippen molar-refractivity contribution in [1.82, 2.24) is 10.2 Å². The maximum Gasteiger partial charge on any atom is 0.123 e. The Morgan fingerprint density at radius 3 is 2.79 bits per heavy atom. The van der Waals surface area contributed by atoms with Crippen LogP contribution in [-0.4, -0.2) is 43.6 Å². The van der Waals surface area contributed by atoms with Crippen LogP contribution < -0.4 is 5.32 Å². The molecule has 0 fully saturated rings. The molecule has 4 heteroatoms. The third-order valence-electron chi connectivity index (χ3n) is 3.18. The zero-order chi connectivity index (χ0) is 14.1. The molecule has 0 radical (unpaired) electrons. The van der Waals surface area contributed by atoms with Gasteiger partial charge >= 0.3 is 0 Å². The maximum absolute atomic E-state index is 13.3. The molecule has 1 unspecified atom stereocenters. The quantitative estimate of drug-likeness (QED) is 0.750. The lowest BCUT2D eigenvalue weighted by Gasteiger charge is -2.22. The van der Waals surface area contributed by atoms with Crippen LogP contribution >= 0.6 is 11.8 Å². The molecule has 0 aliphatic heterocycles. The molecular weight excluding hydrogens is 259 g/mol. The van der Waals surface area contributed by atoms with Gasteiger partial charge in [-0.3, -0.25) is 0 Å². The lowest BCUT2D eigenvalue weighted by molar-refractivity contribution is 0.324. The summed E-state index contributed by atoms with van der Waals surface area (Å²) in [6, 6.07) is 7.15. The van der Waals surface area contributed by atoms with Gasteiger partial charge in [-0.15, -0.1) is 0 Å². The Labute approximate surface area is 120 Å². The predicted octanol–water partition coefficient (Wildman–Crippen LogP) is 3.16. The first kappa shape index (κ1) is 16.5. The van der Waals surface area contributed by atoms with Gasteiger partial charge in [0.2, 0.25) is 0 Å². The summed E-state index contributed by atoms with van der Waals surface area (Å²) in [5.41, 5.74) is 1.04. The fraction of sp³-hybridized carbons (Fsp3) is 0.600. The lowest BCUT2D eigenvalue weighted by atomic mass is 10.0. The lowest BCUT2D eigenvalue weighted by Crippen LogP contribution is -2.28. The molecule has 1 aromatic carbocycles. The summed E-state index contributed by atoms with van der Waals surface area (Å²) in [7, 11) is 2.14. The van der Waals surface area contributed by atoms with Gasteiger partial charge in [0.1, 0.15) is 5.82 Å². The van der Waals surface area contributed by atoms with Gasteiger partial charge < -0.3 is 10.2 Å². The number of rotatable bonds is 9. The second-order valence-electron chi connectivity index (χ2n) is 4.75. The molecule has 0 spiro atoms. The highest BCUT2D eigenvalue weighted by Gasteiger charge is 2.11. The van der Waals surface area contributed by atoms with Crippen LogP contribution in [0.2, 0.25) is 0 Å². The van der Waals surface area contributed by atoms with Crippen LogP contribution in [0.3, 0.4) is 0 Å².